The van der Waals surface area contributed by atoms with Gasteiger partial charge in [0.05, 0.1) is 18.7 Å². The highest BCUT2D eigenvalue weighted by atomic mass is 32.1. The lowest BCUT2D eigenvalue weighted by Crippen LogP contribution is -2.42. The highest BCUT2D eigenvalue weighted by Gasteiger charge is 2.27. The molecule has 0 N–H and O–H groups in total. The Balaban J connectivity index is 1.73. The molecule has 1 saturated heterocycles. The molecular formula is C18H22N2O2S. The molecule has 5 heteroatoms. The molecule has 3 heterocycles. The molecule has 3 rings (SSSR count). The van der Waals surface area contributed by atoms with E-state index in [2.05, 4.69) is 18.8 Å². The Hall–Kier alpha value is -1.72. The molecular weight excluding hydrogens is 308 g/mol. The van der Waals surface area contributed by atoms with E-state index < -0.39 is 0 Å². The van der Waals surface area contributed by atoms with Gasteiger partial charge in [-0.25, -0.2) is 0 Å². The second-order valence-electron chi connectivity index (χ2n) is 6.23. The molecule has 1 aliphatic rings. The van der Waals surface area contributed by atoms with Crippen molar-refractivity contribution >= 4 is 17.2 Å². The van der Waals surface area contributed by atoms with Gasteiger partial charge in [0.2, 0.25) is 0 Å². The number of carbonyl (C=O) groups is 1. The third kappa shape index (κ3) is 3.62. The molecule has 1 fully saturated rings. The maximum absolute atomic E-state index is 12.7. The largest absolute Gasteiger partial charge is 0.370 e. The van der Waals surface area contributed by atoms with Crippen molar-refractivity contribution in [2.75, 3.05) is 19.7 Å². The van der Waals surface area contributed by atoms with Crippen LogP contribution in [-0.2, 0) is 4.74 Å². The number of pyridine rings is 1. The van der Waals surface area contributed by atoms with E-state index >= 15 is 0 Å². The minimum absolute atomic E-state index is 0.0717. The van der Waals surface area contributed by atoms with Gasteiger partial charge in [-0.05, 0) is 36.6 Å². The van der Waals surface area contributed by atoms with Crippen molar-refractivity contribution in [1.29, 1.82) is 0 Å². The maximum Gasteiger partial charge on any atom is 0.254 e. The summed E-state index contributed by atoms with van der Waals surface area (Å²) in [6, 6.07) is 6.02. The van der Waals surface area contributed by atoms with Crippen LogP contribution in [0.4, 0.5) is 0 Å². The molecule has 23 heavy (non-hydrogen) atoms. The van der Waals surface area contributed by atoms with Gasteiger partial charge >= 0.3 is 0 Å². The number of carbonyl (C=O) groups excluding carboxylic acids is 1. The van der Waals surface area contributed by atoms with Crippen molar-refractivity contribution < 1.29 is 9.53 Å². The molecule has 2 aromatic heterocycles. The summed E-state index contributed by atoms with van der Waals surface area (Å²) in [4.78, 5) is 20.1. The van der Waals surface area contributed by atoms with Crippen LogP contribution in [0.3, 0.4) is 0 Å². The number of aryl methyl sites for hydroxylation is 1. The van der Waals surface area contributed by atoms with Crippen LogP contribution in [0.25, 0.3) is 0 Å². The third-order valence-electron chi connectivity index (χ3n) is 4.08. The van der Waals surface area contributed by atoms with E-state index in [0.29, 0.717) is 25.6 Å². The summed E-state index contributed by atoms with van der Waals surface area (Å²) in [5.41, 5.74) is 2.85. The van der Waals surface area contributed by atoms with Gasteiger partial charge in [0, 0.05) is 28.7 Å². The van der Waals surface area contributed by atoms with Crippen molar-refractivity contribution in [3.05, 3.63) is 51.5 Å². The lowest BCUT2D eigenvalue weighted by Gasteiger charge is -2.33. The van der Waals surface area contributed by atoms with Crippen molar-refractivity contribution in [1.82, 2.24) is 9.88 Å². The first-order valence-corrected chi connectivity index (χ1v) is 8.84. The molecule has 0 bridgehead atoms. The van der Waals surface area contributed by atoms with Crippen molar-refractivity contribution in [3.63, 3.8) is 0 Å². The molecule has 0 aliphatic carbocycles. The quantitative estimate of drug-likeness (QED) is 0.860. The minimum Gasteiger partial charge on any atom is -0.370 e. The zero-order valence-electron chi connectivity index (χ0n) is 13.8. The number of nitrogens with zero attached hydrogens (tertiary/aromatic N) is 2. The van der Waals surface area contributed by atoms with E-state index in [1.165, 1.54) is 4.88 Å². The summed E-state index contributed by atoms with van der Waals surface area (Å²) in [5.74, 6) is 0.561. The van der Waals surface area contributed by atoms with Gasteiger partial charge < -0.3 is 9.64 Å². The van der Waals surface area contributed by atoms with E-state index in [0.717, 1.165) is 16.8 Å². The van der Waals surface area contributed by atoms with E-state index in [1.807, 2.05) is 35.4 Å². The molecule has 1 unspecified atom stereocenters. The van der Waals surface area contributed by atoms with Gasteiger partial charge in [-0.15, -0.1) is 11.3 Å². The molecule has 0 aromatic carbocycles. The number of hydrogen-bond acceptors (Lipinski definition) is 4. The van der Waals surface area contributed by atoms with Crippen molar-refractivity contribution in [2.24, 2.45) is 0 Å². The van der Waals surface area contributed by atoms with E-state index in [-0.39, 0.29) is 12.0 Å². The van der Waals surface area contributed by atoms with Crippen molar-refractivity contribution in [3.8, 4) is 0 Å². The molecule has 1 atom stereocenters. The smallest absolute Gasteiger partial charge is 0.254 e. The number of morpholine rings is 1. The Labute approximate surface area is 141 Å². The lowest BCUT2D eigenvalue weighted by atomic mass is 10.1. The fraction of sp³-hybridized carbons (Fsp3) is 0.444. The van der Waals surface area contributed by atoms with Crippen LogP contribution >= 0.6 is 11.3 Å². The van der Waals surface area contributed by atoms with Gasteiger partial charge in [0.15, 0.2) is 0 Å². The highest BCUT2D eigenvalue weighted by Crippen LogP contribution is 2.27. The van der Waals surface area contributed by atoms with E-state index in [4.69, 9.17) is 4.74 Å². The van der Waals surface area contributed by atoms with Crippen LogP contribution in [0.15, 0.2) is 29.8 Å². The summed E-state index contributed by atoms with van der Waals surface area (Å²) in [6.45, 7) is 8.07. The van der Waals surface area contributed by atoms with Crippen LogP contribution < -0.4 is 0 Å². The SMILES string of the molecule is Cc1cc(C2CN(C(=O)c3csc(C(C)C)c3)CCO2)ccn1. The van der Waals surface area contributed by atoms with Gasteiger partial charge in [0.25, 0.3) is 5.91 Å². The molecule has 1 amide bonds. The number of rotatable bonds is 3. The first kappa shape index (κ1) is 16.1. The van der Waals surface area contributed by atoms with Gasteiger partial charge in [-0.3, -0.25) is 9.78 Å². The van der Waals surface area contributed by atoms with Gasteiger partial charge in [-0.2, -0.15) is 0 Å². The Morgan fingerprint density at radius 1 is 1.43 bits per heavy atom. The average molecular weight is 330 g/mol. The number of amides is 1. The topological polar surface area (TPSA) is 42.4 Å². The predicted molar refractivity (Wildman–Crippen MR) is 92.0 cm³/mol. The molecule has 0 spiro atoms. The van der Waals surface area contributed by atoms with Crippen LogP contribution in [0.2, 0.25) is 0 Å². The first-order valence-electron chi connectivity index (χ1n) is 7.96. The van der Waals surface area contributed by atoms with Crippen molar-refractivity contribution in [2.45, 2.75) is 32.8 Å². The zero-order chi connectivity index (χ0) is 16.4. The first-order chi connectivity index (χ1) is 11.0. The van der Waals surface area contributed by atoms with Crippen LogP contribution in [0.1, 0.15) is 52.4 Å². The van der Waals surface area contributed by atoms with Crippen LogP contribution in [0.5, 0.6) is 0 Å². The number of hydrogen-bond donors (Lipinski definition) is 0. The summed E-state index contributed by atoms with van der Waals surface area (Å²) in [5, 5.41) is 1.97. The third-order valence-corrected chi connectivity index (χ3v) is 5.32. The molecule has 122 valence electrons. The lowest BCUT2D eigenvalue weighted by molar-refractivity contribution is -0.0228. The highest BCUT2D eigenvalue weighted by molar-refractivity contribution is 7.10. The summed E-state index contributed by atoms with van der Waals surface area (Å²) < 4.78 is 5.86. The Morgan fingerprint density at radius 3 is 2.96 bits per heavy atom. The standard InChI is InChI=1S/C18H22N2O2S/c1-12(2)17-9-15(11-23-17)18(21)20-6-7-22-16(10-20)14-4-5-19-13(3)8-14/h4-5,8-9,11-12,16H,6-7,10H2,1-3H3. The Bertz CT molecular complexity index is 696. The molecule has 2 aromatic rings. The minimum atomic E-state index is -0.0717. The molecule has 0 radical (unpaired) electrons. The number of thiophene rings is 1. The second kappa shape index (κ2) is 6.81. The van der Waals surface area contributed by atoms with Gasteiger partial charge in [0.1, 0.15) is 6.10 Å². The predicted octanol–water partition coefficient (Wildman–Crippen LogP) is 3.79. The normalized spacial score (nSPS) is 18.4. The maximum atomic E-state index is 12.7. The number of aromatic nitrogens is 1. The Kier molecular flexibility index (Phi) is 4.78. The van der Waals surface area contributed by atoms with Crippen LogP contribution in [-0.4, -0.2) is 35.5 Å². The summed E-state index contributed by atoms with van der Waals surface area (Å²) in [7, 11) is 0. The fourth-order valence-corrected chi connectivity index (χ4v) is 3.65. The van der Waals surface area contributed by atoms with E-state index in [9.17, 15) is 4.79 Å². The monoisotopic (exact) mass is 330 g/mol. The number of ether oxygens (including phenoxy) is 1. The fourth-order valence-electron chi connectivity index (χ4n) is 2.75. The molecule has 1 aliphatic heterocycles. The summed E-state index contributed by atoms with van der Waals surface area (Å²) >= 11 is 1.66. The van der Waals surface area contributed by atoms with Crippen LogP contribution in [0, 0.1) is 6.92 Å². The Morgan fingerprint density at radius 2 is 2.26 bits per heavy atom. The average Bonchev–Trinajstić information content (AvgIpc) is 3.04. The molecule has 0 saturated carbocycles. The summed E-state index contributed by atoms with van der Waals surface area (Å²) in [6.07, 6.45) is 1.72. The second-order valence-corrected chi connectivity index (χ2v) is 7.18. The molecule has 4 nitrogen and oxygen atoms in total. The van der Waals surface area contributed by atoms with E-state index in [1.54, 1.807) is 17.5 Å². The van der Waals surface area contributed by atoms with Gasteiger partial charge in [-0.1, -0.05) is 13.8 Å². The zero-order valence-corrected chi connectivity index (χ0v) is 14.6.